The summed E-state index contributed by atoms with van der Waals surface area (Å²) in [6.07, 6.45) is 7.87. The molecule has 1 fully saturated rings. The lowest BCUT2D eigenvalue weighted by Gasteiger charge is -2.30. The fraction of sp³-hybridized carbons (Fsp3) is 0.467. The predicted molar refractivity (Wildman–Crippen MR) is 84.1 cm³/mol. The minimum atomic E-state index is -3.64. The highest BCUT2D eigenvalue weighted by molar-refractivity contribution is 7.89. The van der Waals surface area contributed by atoms with Gasteiger partial charge in [-0.05, 0) is 30.4 Å². The van der Waals surface area contributed by atoms with Gasteiger partial charge in [0.1, 0.15) is 4.90 Å². The first-order chi connectivity index (χ1) is 11.1. The monoisotopic (exact) mass is 336 g/mol. The molecule has 0 aromatic carbocycles. The van der Waals surface area contributed by atoms with Crippen molar-refractivity contribution in [3.8, 4) is 0 Å². The van der Waals surface area contributed by atoms with E-state index >= 15 is 0 Å². The zero-order valence-electron chi connectivity index (χ0n) is 12.9. The summed E-state index contributed by atoms with van der Waals surface area (Å²) in [5.74, 6) is 0.180. The summed E-state index contributed by atoms with van der Waals surface area (Å²) in [5.41, 5.74) is 0.867. The van der Waals surface area contributed by atoms with Crippen molar-refractivity contribution in [1.29, 1.82) is 0 Å². The number of aryl methyl sites for hydroxylation is 1. The molecule has 1 aliphatic heterocycles. The average molecular weight is 336 g/mol. The van der Waals surface area contributed by atoms with Gasteiger partial charge in [-0.1, -0.05) is 6.07 Å². The molecule has 3 rings (SSSR count). The van der Waals surface area contributed by atoms with Crippen molar-refractivity contribution in [3.63, 3.8) is 0 Å². The van der Waals surface area contributed by atoms with Crippen LogP contribution in [0.2, 0.25) is 0 Å². The Morgan fingerprint density at radius 1 is 1.35 bits per heavy atom. The maximum absolute atomic E-state index is 12.7. The van der Waals surface area contributed by atoms with E-state index in [9.17, 15) is 8.42 Å². The maximum atomic E-state index is 12.7. The first kappa shape index (κ1) is 16.1. The Bertz CT molecular complexity index is 739. The van der Waals surface area contributed by atoms with Crippen LogP contribution >= 0.6 is 0 Å². The van der Waals surface area contributed by atoms with E-state index in [0.29, 0.717) is 13.2 Å². The van der Waals surface area contributed by atoms with Crippen LogP contribution in [0.25, 0.3) is 0 Å². The highest BCUT2D eigenvalue weighted by atomic mass is 32.2. The summed E-state index contributed by atoms with van der Waals surface area (Å²) in [6.45, 7) is 1.30. The summed E-state index contributed by atoms with van der Waals surface area (Å²) in [4.78, 5) is 4.29. The molecule has 0 bridgehead atoms. The number of hydrogen-bond acceptors (Lipinski definition) is 5. The van der Waals surface area contributed by atoms with E-state index < -0.39 is 10.0 Å². The molecule has 1 N–H and O–H groups in total. The van der Waals surface area contributed by atoms with Crippen LogP contribution in [0.3, 0.4) is 0 Å². The molecule has 1 saturated heterocycles. The van der Waals surface area contributed by atoms with Gasteiger partial charge in [0.25, 0.3) is 0 Å². The van der Waals surface area contributed by atoms with E-state index in [1.807, 2.05) is 12.1 Å². The molecule has 0 saturated carbocycles. The highest BCUT2D eigenvalue weighted by Gasteiger charge is 2.30. The molecule has 23 heavy (non-hydrogen) atoms. The van der Waals surface area contributed by atoms with Crippen LogP contribution < -0.4 is 4.72 Å². The van der Waals surface area contributed by atoms with Gasteiger partial charge in [-0.3, -0.25) is 9.67 Å². The Kier molecular flexibility index (Phi) is 4.74. The van der Waals surface area contributed by atoms with Crippen molar-refractivity contribution in [2.75, 3.05) is 13.2 Å². The molecule has 3 heterocycles. The number of nitrogens with one attached hydrogen (secondary N) is 1. The molecule has 1 aliphatic rings. The molecule has 124 valence electrons. The van der Waals surface area contributed by atoms with Gasteiger partial charge in [0.15, 0.2) is 0 Å². The lowest BCUT2D eigenvalue weighted by molar-refractivity contribution is 0.0564. The van der Waals surface area contributed by atoms with Gasteiger partial charge < -0.3 is 4.74 Å². The number of rotatable bonds is 5. The lowest BCUT2D eigenvalue weighted by atomic mass is 9.88. The SMILES string of the molecule is Cn1cc(S(=O)(=O)N[C@@H](c2cccnc2)C2CCOCC2)cn1. The summed E-state index contributed by atoms with van der Waals surface area (Å²) in [5, 5.41) is 3.94. The molecule has 0 aliphatic carbocycles. The largest absolute Gasteiger partial charge is 0.381 e. The lowest BCUT2D eigenvalue weighted by Crippen LogP contribution is -2.36. The molecule has 7 nitrogen and oxygen atoms in total. The Balaban J connectivity index is 1.89. The standard InChI is InChI=1S/C15H20N4O3S/c1-19-11-14(10-17-19)23(20,21)18-15(12-4-7-22-8-5-12)13-3-2-6-16-9-13/h2-3,6,9-12,15,18H,4-5,7-8H2,1H3/t15-/m1/s1. The second kappa shape index (κ2) is 6.77. The van der Waals surface area contributed by atoms with Gasteiger partial charge in [-0.2, -0.15) is 5.10 Å². The van der Waals surface area contributed by atoms with Crippen LogP contribution in [0.4, 0.5) is 0 Å². The van der Waals surface area contributed by atoms with E-state index in [0.717, 1.165) is 18.4 Å². The third kappa shape index (κ3) is 3.77. The summed E-state index contributed by atoms with van der Waals surface area (Å²) in [6, 6.07) is 3.40. The van der Waals surface area contributed by atoms with Crippen molar-refractivity contribution in [2.45, 2.75) is 23.8 Å². The van der Waals surface area contributed by atoms with Crippen molar-refractivity contribution in [1.82, 2.24) is 19.5 Å². The molecule has 0 unspecified atom stereocenters. The fourth-order valence-electron chi connectivity index (χ4n) is 2.82. The molecule has 0 spiro atoms. The Morgan fingerprint density at radius 3 is 2.74 bits per heavy atom. The van der Waals surface area contributed by atoms with Crippen LogP contribution in [-0.2, 0) is 21.8 Å². The quantitative estimate of drug-likeness (QED) is 0.888. The Morgan fingerprint density at radius 2 is 2.13 bits per heavy atom. The van der Waals surface area contributed by atoms with E-state index in [1.54, 1.807) is 19.4 Å². The van der Waals surface area contributed by atoms with Crippen LogP contribution in [0.15, 0.2) is 41.8 Å². The minimum absolute atomic E-state index is 0.168. The summed E-state index contributed by atoms with van der Waals surface area (Å²) >= 11 is 0. The molecule has 1 atom stereocenters. The molecule has 2 aromatic heterocycles. The molecular formula is C15H20N4O3S. The third-order valence-electron chi connectivity index (χ3n) is 4.05. The number of hydrogen-bond donors (Lipinski definition) is 1. The first-order valence-corrected chi connectivity index (χ1v) is 9.03. The minimum Gasteiger partial charge on any atom is -0.381 e. The summed E-state index contributed by atoms with van der Waals surface area (Å²) < 4.78 is 35.0. The third-order valence-corrected chi connectivity index (χ3v) is 5.45. The van der Waals surface area contributed by atoms with Gasteiger partial charge in [0, 0.05) is 38.9 Å². The van der Waals surface area contributed by atoms with Gasteiger partial charge in [0.05, 0.1) is 12.2 Å². The van der Waals surface area contributed by atoms with Gasteiger partial charge in [-0.15, -0.1) is 0 Å². The zero-order valence-corrected chi connectivity index (χ0v) is 13.7. The molecular weight excluding hydrogens is 316 g/mol. The topological polar surface area (TPSA) is 86.1 Å². The van der Waals surface area contributed by atoms with E-state index in [2.05, 4.69) is 14.8 Å². The molecule has 8 heteroatoms. The zero-order chi connectivity index (χ0) is 16.3. The van der Waals surface area contributed by atoms with Gasteiger partial charge in [-0.25, -0.2) is 13.1 Å². The number of aromatic nitrogens is 3. The second-order valence-corrected chi connectivity index (χ2v) is 7.40. The predicted octanol–water partition coefficient (Wildman–Crippen LogP) is 1.26. The number of ether oxygens (including phenoxy) is 1. The first-order valence-electron chi connectivity index (χ1n) is 7.55. The van der Waals surface area contributed by atoms with Crippen molar-refractivity contribution < 1.29 is 13.2 Å². The van der Waals surface area contributed by atoms with E-state index in [-0.39, 0.29) is 16.9 Å². The van der Waals surface area contributed by atoms with Crippen LogP contribution in [0.1, 0.15) is 24.4 Å². The van der Waals surface area contributed by atoms with Crippen LogP contribution in [0, 0.1) is 5.92 Å². The van der Waals surface area contributed by atoms with E-state index in [4.69, 9.17) is 4.74 Å². The molecule has 0 amide bonds. The Hall–Kier alpha value is -1.77. The Labute approximate surface area is 135 Å². The summed E-state index contributed by atoms with van der Waals surface area (Å²) in [7, 11) is -1.95. The normalized spacial score (nSPS) is 18.0. The number of nitrogens with zero attached hydrogens (tertiary/aromatic N) is 3. The fourth-order valence-corrected chi connectivity index (χ4v) is 4.09. The second-order valence-electron chi connectivity index (χ2n) is 5.68. The van der Waals surface area contributed by atoms with Crippen molar-refractivity contribution in [2.24, 2.45) is 13.0 Å². The molecule has 2 aromatic rings. The van der Waals surface area contributed by atoms with Crippen molar-refractivity contribution >= 4 is 10.0 Å². The van der Waals surface area contributed by atoms with Gasteiger partial charge >= 0.3 is 0 Å². The van der Waals surface area contributed by atoms with Crippen molar-refractivity contribution in [3.05, 3.63) is 42.5 Å². The highest BCUT2D eigenvalue weighted by Crippen LogP contribution is 2.31. The number of pyridine rings is 1. The van der Waals surface area contributed by atoms with Gasteiger partial charge in [0.2, 0.25) is 10.0 Å². The molecule has 0 radical (unpaired) electrons. The number of sulfonamides is 1. The smallest absolute Gasteiger partial charge is 0.244 e. The van der Waals surface area contributed by atoms with E-state index in [1.165, 1.54) is 17.1 Å². The van der Waals surface area contributed by atoms with Crippen LogP contribution in [0.5, 0.6) is 0 Å². The van der Waals surface area contributed by atoms with Crippen LogP contribution in [-0.4, -0.2) is 36.4 Å². The maximum Gasteiger partial charge on any atom is 0.244 e. The average Bonchev–Trinajstić information content (AvgIpc) is 3.02.